The Balaban J connectivity index is 1.89. The first-order valence-electron chi connectivity index (χ1n) is 7.46. The molecule has 1 amide bonds. The Kier molecular flexibility index (Phi) is 6.62. The van der Waals surface area contributed by atoms with E-state index in [4.69, 9.17) is 10.00 Å². The van der Waals surface area contributed by atoms with Gasteiger partial charge in [-0.2, -0.15) is 9.98 Å². The molecular weight excluding hydrogens is 397 g/mol. The smallest absolute Gasteiger partial charge is 0.321 e. The van der Waals surface area contributed by atoms with Gasteiger partial charge >= 0.3 is 5.97 Å². The number of nitrogens with one attached hydrogen (secondary N) is 2. The number of nitrogens with zero attached hydrogens (tertiary/aromatic N) is 1. The summed E-state index contributed by atoms with van der Waals surface area (Å²) in [6.45, 7) is 0.562. The van der Waals surface area contributed by atoms with Crippen LogP contribution in [0.2, 0.25) is 0 Å². The predicted octanol–water partition coefficient (Wildman–Crippen LogP) is 1.61. The number of esters is 1. The molecule has 8 nitrogen and oxygen atoms in total. The number of nitriles is 1. The van der Waals surface area contributed by atoms with Crippen LogP contribution in [0.15, 0.2) is 40.6 Å². The molecule has 27 heavy (non-hydrogen) atoms. The molecule has 1 aromatic carbocycles. The van der Waals surface area contributed by atoms with Crippen LogP contribution >= 0.6 is 11.3 Å². The molecule has 2 aromatic rings. The van der Waals surface area contributed by atoms with E-state index in [2.05, 4.69) is 5.32 Å². The molecule has 0 aliphatic carbocycles. The molecule has 0 radical (unpaired) electrons. The number of anilines is 1. The molecule has 2 N–H and O–H groups in total. The fraction of sp³-hybridized carbons (Fsp3) is 0.188. The van der Waals surface area contributed by atoms with E-state index in [0.717, 1.165) is 23.5 Å². The van der Waals surface area contributed by atoms with Crippen molar-refractivity contribution in [3.8, 4) is 6.07 Å². The number of carbonyl (C=O) groups is 2. The first-order valence-corrected chi connectivity index (χ1v) is 9.82. The highest BCUT2D eigenvalue weighted by atomic mass is 32.2. The number of amides is 1. The highest BCUT2D eigenvalue weighted by molar-refractivity contribution is 7.89. The van der Waals surface area contributed by atoms with E-state index in [0.29, 0.717) is 5.00 Å². The maximum atomic E-state index is 13.1. The quantitative estimate of drug-likeness (QED) is 0.667. The highest BCUT2D eigenvalue weighted by Gasteiger charge is 2.21. The number of halogens is 1. The first-order chi connectivity index (χ1) is 12.7. The van der Waals surface area contributed by atoms with E-state index >= 15 is 0 Å². The van der Waals surface area contributed by atoms with E-state index in [9.17, 15) is 22.4 Å². The van der Waals surface area contributed by atoms with Crippen LogP contribution in [-0.4, -0.2) is 32.9 Å². The second-order valence-electron chi connectivity index (χ2n) is 5.18. The van der Waals surface area contributed by atoms with Gasteiger partial charge in [0.1, 0.15) is 23.4 Å². The Bertz CT molecular complexity index is 997. The third-order valence-electron chi connectivity index (χ3n) is 3.21. The Labute approximate surface area is 158 Å². The summed E-state index contributed by atoms with van der Waals surface area (Å²) in [4.78, 5) is 23.4. The van der Waals surface area contributed by atoms with Crippen LogP contribution < -0.4 is 10.0 Å². The normalized spacial score (nSPS) is 12.0. The van der Waals surface area contributed by atoms with Crippen LogP contribution in [0.5, 0.6) is 0 Å². The summed E-state index contributed by atoms with van der Waals surface area (Å²) in [6.07, 6.45) is -1.22. The van der Waals surface area contributed by atoms with Gasteiger partial charge in [0.25, 0.3) is 5.91 Å². The molecule has 0 aliphatic heterocycles. The van der Waals surface area contributed by atoms with Gasteiger partial charge in [-0.1, -0.05) is 6.07 Å². The van der Waals surface area contributed by atoms with Crippen LogP contribution in [0.4, 0.5) is 9.39 Å². The zero-order valence-corrected chi connectivity index (χ0v) is 15.6. The fourth-order valence-electron chi connectivity index (χ4n) is 1.87. The van der Waals surface area contributed by atoms with Gasteiger partial charge in [0.2, 0.25) is 10.0 Å². The summed E-state index contributed by atoms with van der Waals surface area (Å²) >= 11 is 1.13. The van der Waals surface area contributed by atoms with Gasteiger partial charge in [-0.3, -0.25) is 9.59 Å². The van der Waals surface area contributed by atoms with Crippen molar-refractivity contribution < 1.29 is 27.1 Å². The summed E-state index contributed by atoms with van der Waals surface area (Å²) in [7, 11) is -4.11. The standard InChI is InChI=1S/C16H14FN3O5S2/c1-10(15(22)20-16-11(8-18)5-6-26-16)25-14(21)9-19-27(23,24)13-4-2-3-12(17)7-13/h2-7,10,19H,9H2,1H3,(H,20,22)/t10-/m1/s1. The summed E-state index contributed by atoms with van der Waals surface area (Å²) in [5.41, 5.74) is 0.273. The maximum absolute atomic E-state index is 13.1. The Morgan fingerprint density at radius 2 is 2.11 bits per heavy atom. The number of sulfonamides is 1. The van der Waals surface area contributed by atoms with Gasteiger partial charge < -0.3 is 10.1 Å². The molecule has 0 aliphatic rings. The van der Waals surface area contributed by atoms with Crippen LogP contribution in [0.3, 0.4) is 0 Å². The average molecular weight is 411 g/mol. The maximum Gasteiger partial charge on any atom is 0.321 e. The minimum absolute atomic E-state index is 0.273. The Hall–Kier alpha value is -2.81. The molecule has 1 aromatic heterocycles. The van der Waals surface area contributed by atoms with Gasteiger partial charge in [0, 0.05) is 0 Å². The third kappa shape index (κ3) is 5.58. The molecule has 1 heterocycles. The lowest BCUT2D eigenvalue weighted by Crippen LogP contribution is -2.35. The summed E-state index contributed by atoms with van der Waals surface area (Å²) < 4.78 is 43.9. The summed E-state index contributed by atoms with van der Waals surface area (Å²) in [5.74, 6) is -2.41. The third-order valence-corrected chi connectivity index (χ3v) is 5.44. The first kappa shape index (κ1) is 20.5. The lowest BCUT2D eigenvalue weighted by atomic mass is 10.3. The van der Waals surface area contributed by atoms with Crippen LogP contribution in [0.1, 0.15) is 12.5 Å². The molecule has 11 heteroatoms. The predicted molar refractivity (Wildman–Crippen MR) is 94.8 cm³/mol. The molecule has 0 spiro atoms. The molecule has 2 rings (SSSR count). The topological polar surface area (TPSA) is 125 Å². The number of thiophene rings is 1. The minimum atomic E-state index is -4.11. The monoisotopic (exact) mass is 411 g/mol. The van der Waals surface area contributed by atoms with Gasteiger partial charge in [-0.25, -0.2) is 12.8 Å². The number of hydrogen-bond donors (Lipinski definition) is 2. The van der Waals surface area contributed by atoms with Gasteiger partial charge in [0.15, 0.2) is 6.10 Å². The second-order valence-corrected chi connectivity index (χ2v) is 7.86. The molecule has 0 unspecified atom stereocenters. The molecular formula is C16H14FN3O5S2. The zero-order chi connectivity index (χ0) is 20.0. The molecule has 0 saturated heterocycles. The number of rotatable bonds is 7. The number of benzene rings is 1. The molecule has 0 fully saturated rings. The lowest BCUT2D eigenvalue weighted by Gasteiger charge is -2.13. The van der Waals surface area contributed by atoms with Crippen molar-refractivity contribution in [2.24, 2.45) is 0 Å². The van der Waals surface area contributed by atoms with Crippen molar-refractivity contribution in [3.05, 3.63) is 47.1 Å². The Morgan fingerprint density at radius 1 is 1.37 bits per heavy atom. The average Bonchev–Trinajstić information content (AvgIpc) is 3.07. The number of ether oxygens (including phenoxy) is 1. The number of hydrogen-bond acceptors (Lipinski definition) is 7. The van der Waals surface area contributed by atoms with E-state index in [-0.39, 0.29) is 10.5 Å². The SMILES string of the molecule is C[C@@H](OC(=O)CNS(=O)(=O)c1cccc(F)c1)C(=O)Nc1sccc1C#N. The molecule has 142 valence electrons. The Morgan fingerprint density at radius 3 is 2.78 bits per heavy atom. The van der Waals surface area contributed by atoms with E-state index in [1.54, 1.807) is 5.38 Å². The van der Waals surface area contributed by atoms with Gasteiger partial charge in [-0.05, 0) is 36.6 Å². The van der Waals surface area contributed by atoms with E-state index in [1.807, 2.05) is 10.8 Å². The van der Waals surface area contributed by atoms with Crippen molar-refractivity contribution in [3.63, 3.8) is 0 Å². The van der Waals surface area contributed by atoms with Crippen molar-refractivity contribution in [2.75, 3.05) is 11.9 Å². The van der Waals surface area contributed by atoms with E-state index in [1.165, 1.54) is 25.1 Å². The summed E-state index contributed by atoms with van der Waals surface area (Å²) in [5, 5.41) is 13.3. The second kappa shape index (κ2) is 8.72. The fourth-order valence-corrected chi connectivity index (χ4v) is 3.61. The van der Waals surface area contributed by atoms with E-state index < -0.39 is 40.4 Å². The minimum Gasteiger partial charge on any atom is -0.452 e. The summed E-state index contributed by atoms with van der Waals surface area (Å²) in [6, 6.07) is 7.70. The zero-order valence-electron chi connectivity index (χ0n) is 13.9. The van der Waals surface area contributed by atoms with Gasteiger partial charge in [0.05, 0.1) is 10.5 Å². The lowest BCUT2D eigenvalue weighted by molar-refractivity contribution is -0.151. The molecule has 0 bridgehead atoms. The van der Waals surface area contributed by atoms with Crippen molar-refractivity contribution >= 4 is 38.2 Å². The van der Waals surface area contributed by atoms with Crippen molar-refractivity contribution in [2.45, 2.75) is 17.9 Å². The van der Waals surface area contributed by atoms with Gasteiger partial charge in [-0.15, -0.1) is 11.3 Å². The van der Waals surface area contributed by atoms with Crippen LogP contribution in [0.25, 0.3) is 0 Å². The van der Waals surface area contributed by atoms with Crippen molar-refractivity contribution in [1.82, 2.24) is 4.72 Å². The number of carbonyl (C=O) groups excluding carboxylic acids is 2. The van der Waals surface area contributed by atoms with Crippen molar-refractivity contribution in [1.29, 1.82) is 5.26 Å². The van der Waals surface area contributed by atoms with Crippen LogP contribution in [-0.2, 0) is 24.3 Å². The largest absolute Gasteiger partial charge is 0.452 e. The van der Waals surface area contributed by atoms with Crippen LogP contribution in [0, 0.1) is 17.1 Å². The highest BCUT2D eigenvalue weighted by Crippen LogP contribution is 2.22. The molecule has 0 saturated carbocycles. The molecule has 1 atom stereocenters.